The Morgan fingerprint density at radius 2 is 1.42 bits per heavy atom. The number of benzene rings is 2. The lowest BCUT2D eigenvalue weighted by Crippen LogP contribution is -2.35. The van der Waals surface area contributed by atoms with Gasteiger partial charge in [0.05, 0.1) is 6.54 Å². The first-order valence-electron chi connectivity index (χ1n) is 10.4. The molecular weight excluding hydrogens is 433 g/mol. The molecule has 9 nitrogen and oxygen atoms in total. The molecule has 10 heteroatoms. The first-order valence-corrected chi connectivity index (χ1v) is 10.4. The molecule has 2 aromatic rings. The fourth-order valence-electron chi connectivity index (χ4n) is 3.10. The molecule has 1 saturated heterocycles. The molecule has 1 heterocycles. The molecule has 0 spiro atoms. The van der Waals surface area contributed by atoms with Gasteiger partial charge in [0.1, 0.15) is 5.82 Å². The highest BCUT2D eigenvalue weighted by molar-refractivity contribution is 6.27. The van der Waals surface area contributed by atoms with Crippen LogP contribution in [-0.4, -0.2) is 58.5 Å². The molecule has 0 atom stereocenters. The summed E-state index contributed by atoms with van der Waals surface area (Å²) >= 11 is 0. The van der Waals surface area contributed by atoms with Crippen LogP contribution in [0.5, 0.6) is 0 Å². The van der Waals surface area contributed by atoms with Gasteiger partial charge in [-0.15, -0.1) is 0 Å². The maximum Gasteiger partial charge on any atom is 0.414 e. The van der Waals surface area contributed by atoms with E-state index in [-0.39, 0.29) is 24.2 Å². The number of halogens is 1. The van der Waals surface area contributed by atoms with Gasteiger partial charge < -0.3 is 25.7 Å². The van der Waals surface area contributed by atoms with Crippen molar-refractivity contribution in [2.45, 2.75) is 25.8 Å². The predicted octanol–water partition coefficient (Wildman–Crippen LogP) is 2.34. The summed E-state index contributed by atoms with van der Waals surface area (Å²) in [4.78, 5) is 44.5. The number of likely N-dealkylation sites (tertiary alicyclic amines) is 1. The van der Waals surface area contributed by atoms with Gasteiger partial charge in [0, 0.05) is 30.9 Å². The zero-order valence-electron chi connectivity index (χ0n) is 17.9. The fraction of sp³-hybridized carbons (Fsp3) is 0.304. The second-order valence-corrected chi connectivity index (χ2v) is 7.32. The Morgan fingerprint density at radius 3 is 1.97 bits per heavy atom. The van der Waals surface area contributed by atoms with E-state index in [0.717, 1.165) is 31.5 Å². The lowest BCUT2D eigenvalue weighted by Gasteiger charge is -2.26. The van der Waals surface area contributed by atoms with Crippen molar-refractivity contribution in [3.05, 3.63) is 65.5 Å². The number of carbonyl (C=O) groups is 4. The predicted molar refractivity (Wildman–Crippen MR) is 118 cm³/mol. The molecule has 2 amide bonds. The van der Waals surface area contributed by atoms with Crippen LogP contribution in [0.25, 0.3) is 0 Å². The van der Waals surface area contributed by atoms with Gasteiger partial charge in [-0.25, -0.2) is 14.0 Å². The first-order chi connectivity index (χ1) is 15.8. The molecule has 0 aliphatic carbocycles. The summed E-state index contributed by atoms with van der Waals surface area (Å²) in [6.07, 6.45) is 3.31. The van der Waals surface area contributed by atoms with Gasteiger partial charge in [0.2, 0.25) is 5.91 Å². The number of hydrogen-bond donors (Lipinski definition) is 4. The SMILES string of the molecule is O=C(CNCc1ccc(F)cc1)Nc1ccc(C(=O)N2CCCCC2)cc1.O=C(O)C(=O)O. The van der Waals surface area contributed by atoms with E-state index in [1.165, 1.54) is 18.6 Å². The molecular formula is C23H26FN3O6. The van der Waals surface area contributed by atoms with Crippen LogP contribution in [0.2, 0.25) is 0 Å². The van der Waals surface area contributed by atoms with Crippen LogP contribution in [-0.2, 0) is 20.9 Å². The number of rotatable bonds is 6. The van der Waals surface area contributed by atoms with Crippen molar-refractivity contribution in [1.82, 2.24) is 10.2 Å². The Kier molecular flexibility index (Phi) is 9.97. The molecule has 0 unspecified atom stereocenters. The van der Waals surface area contributed by atoms with E-state index in [9.17, 15) is 14.0 Å². The number of nitrogens with one attached hydrogen (secondary N) is 2. The fourth-order valence-corrected chi connectivity index (χ4v) is 3.10. The van der Waals surface area contributed by atoms with E-state index in [4.69, 9.17) is 19.8 Å². The van der Waals surface area contributed by atoms with Gasteiger partial charge in [-0.1, -0.05) is 12.1 Å². The highest BCUT2D eigenvalue weighted by atomic mass is 19.1. The molecule has 1 aliphatic heterocycles. The Morgan fingerprint density at radius 1 is 0.848 bits per heavy atom. The molecule has 0 bridgehead atoms. The van der Waals surface area contributed by atoms with Crippen LogP contribution >= 0.6 is 0 Å². The number of carboxylic acids is 2. The van der Waals surface area contributed by atoms with Crippen LogP contribution in [0.1, 0.15) is 35.2 Å². The van der Waals surface area contributed by atoms with Crippen LogP contribution in [0.15, 0.2) is 48.5 Å². The van der Waals surface area contributed by atoms with Gasteiger partial charge in [-0.3, -0.25) is 9.59 Å². The maximum absolute atomic E-state index is 12.9. The highest BCUT2D eigenvalue weighted by Crippen LogP contribution is 2.15. The normalized spacial score (nSPS) is 12.8. The smallest absolute Gasteiger partial charge is 0.414 e. The molecule has 0 radical (unpaired) electrons. The molecule has 1 fully saturated rings. The summed E-state index contributed by atoms with van der Waals surface area (Å²) < 4.78 is 12.9. The lowest BCUT2D eigenvalue weighted by atomic mass is 10.1. The van der Waals surface area contributed by atoms with E-state index in [0.29, 0.717) is 17.8 Å². The van der Waals surface area contributed by atoms with Crippen LogP contribution in [0.3, 0.4) is 0 Å². The summed E-state index contributed by atoms with van der Waals surface area (Å²) in [5.74, 6) is -4.05. The summed E-state index contributed by atoms with van der Waals surface area (Å²) in [6, 6.07) is 13.1. The van der Waals surface area contributed by atoms with E-state index < -0.39 is 11.9 Å². The second-order valence-electron chi connectivity index (χ2n) is 7.32. The van der Waals surface area contributed by atoms with Crippen molar-refractivity contribution in [1.29, 1.82) is 0 Å². The average molecular weight is 459 g/mol. The number of nitrogens with zero attached hydrogens (tertiary/aromatic N) is 1. The van der Waals surface area contributed by atoms with Gasteiger partial charge in [0.25, 0.3) is 5.91 Å². The highest BCUT2D eigenvalue weighted by Gasteiger charge is 2.18. The quantitative estimate of drug-likeness (QED) is 0.487. The van der Waals surface area contributed by atoms with Gasteiger partial charge in [-0.05, 0) is 61.2 Å². The number of amides is 2. The summed E-state index contributed by atoms with van der Waals surface area (Å²) in [6.45, 7) is 2.26. The lowest BCUT2D eigenvalue weighted by molar-refractivity contribution is -0.159. The zero-order chi connectivity index (χ0) is 24.2. The number of aliphatic carboxylic acids is 2. The molecule has 3 rings (SSSR count). The third-order valence-corrected chi connectivity index (χ3v) is 4.77. The van der Waals surface area contributed by atoms with E-state index in [1.54, 1.807) is 36.4 Å². The Labute approximate surface area is 190 Å². The van der Waals surface area contributed by atoms with Gasteiger partial charge >= 0.3 is 11.9 Å². The van der Waals surface area contributed by atoms with Crippen LogP contribution in [0.4, 0.5) is 10.1 Å². The van der Waals surface area contributed by atoms with Gasteiger partial charge in [0.15, 0.2) is 0 Å². The third kappa shape index (κ3) is 9.08. The van der Waals surface area contributed by atoms with E-state index in [2.05, 4.69) is 10.6 Å². The number of hydrogen-bond acceptors (Lipinski definition) is 5. The summed E-state index contributed by atoms with van der Waals surface area (Å²) in [5, 5.41) is 20.6. The summed E-state index contributed by atoms with van der Waals surface area (Å²) in [7, 11) is 0. The number of carbonyl (C=O) groups excluding carboxylic acids is 2. The second kappa shape index (κ2) is 12.9. The molecule has 1 aliphatic rings. The Bertz CT molecular complexity index is 945. The molecule has 2 aromatic carbocycles. The monoisotopic (exact) mass is 459 g/mol. The zero-order valence-corrected chi connectivity index (χ0v) is 17.9. The van der Waals surface area contributed by atoms with Crippen molar-refractivity contribution >= 4 is 29.4 Å². The Hall–Kier alpha value is -3.79. The number of piperidine rings is 1. The number of carboxylic acid groups (broad SMARTS) is 2. The van der Waals surface area contributed by atoms with E-state index in [1.807, 2.05) is 4.90 Å². The third-order valence-electron chi connectivity index (χ3n) is 4.77. The maximum atomic E-state index is 12.9. The van der Waals surface area contributed by atoms with Crippen LogP contribution in [0, 0.1) is 5.82 Å². The average Bonchev–Trinajstić information content (AvgIpc) is 2.81. The minimum atomic E-state index is -1.82. The molecule has 0 saturated carbocycles. The van der Waals surface area contributed by atoms with Crippen molar-refractivity contribution in [2.75, 3.05) is 25.0 Å². The summed E-state index contributed by atoms with van der Waals surface area (Å²) in [5.41, 5.74) is 2.20. The molecule has 0 aromatic heterocycles. The molecule has 176 valence electrons. The first kappa shape index (κ1) is 25.5. The minimum Gasteiger partial charge on any atom is -0.473 e. The standard InChI is InChI=1S/C21H24FN3O2.C2H2O4/c22-18-8-4-16(5-9-18)14-23-15-20(26)24-19-10-6-17(7-11-19)21(27)25-12-2-1-3-13-25;3-1(4)2(5)6/h4-11,23H,1-3,12-15H2,(H,24,26);(H,3,4)(H,5,6). The van der Waals surface area contributed by atoms with Crippen LogP contribution < -0.4 is 10.6 Å². The minimum absolute atomic E-state index is 0.0496. The van der Waals surface area contributed by atoms with E-state index >= 15 is 0 Å². The molecule has 4 N–H and O–H groups in total. The van der Waals surface area contributed by atoms with Crippen molar-refractivity contribution in [3.8, 4) is 0 Å². The van der Waals surface area contributed by atoms with Gasteiger partial charge in [-0.2, -0.15) is 0 Å². The number of anilines is 1. The topological polar surface area (TPSA) is 136 Å². The Balaban J connectivity index is 0.000000569. The van der Waals surface area contributed by atoms with Crippen molar-refractivity contribution in [2.24, 2.45) is 0 Å². The largest absolute Gasteiger partial charge is 0.473 e. The molecule has 33 heavy (non-hydrogen) atoms. The van der Waals surface area contributed by atoms with Crippen molar-refractivity contribution < 1.29 is 33.8 Å². The van der Waals surface area contributed by atoms with Crippen molar-refractivity contribution in [3.63, 3.8) is 0 Å².